The topological polar surface area (TPSA) is 51.0 Å². The number of benzene rings is 1. The molecule has 1 atom stereocenters. The molecular weight excluding hydrogens is 238 g/mol. The van der Waals surface area contributed by atoms with Gasteiger partial charge in [0, 0.05) is 18.0 Å². The molecule has 0 radical (unpaired) electrons. The zero-order chi connectivity index (χ0) is 13.7. The van der Waals surface area contributed by atoms with Crippen molar-refractivity contribution in [3.63, 3.8) is 0 Å². The van der Waals surface area contributed by atoms with Crippen molar-refractivity contribution in [1.29, 1.82) is 0 Å². The van der Waals surface area contributed by atoms with Crippen LogP contribution in [-0.4, -0.2) is 22.7 Å². The van der Waals surface area contributed by atoms with Gasteiger partial charge in [-0.1, -0.05) is 42.8 Å². The van der Waals surface area contributed by atoms with E-state index in [1.54, 1.807) is 0 Å². The summed E-state index contributed by atoms with van der Waals surface area (Å²) in [6, 6.07) is 8.53. The van der Waals surface area contributed by atoms with E-state index < -0.39 is 0 Å². The fourth-order valence-corrected chi connectivity index (χ4v) is 2.10. The standard InChI is InChI=1S/C15H21N3O/c1-4-13(16-5-2)10-14-17-15(18-19-14)12-8-6-7-11(3)9-12/h6-9,13,16H,4-5,10H2,1-3H3. The molecule has 1 unspecified atom stereocenters. The summed E-state index contributed by atoms with van der Waals surface area (Å²) in [5.41, 5.74) is 2.20. The number of aryl methyl sites for hydroxylation is 1. The largest absolute Gasteiger partial charge is 0.339 e. The molecule has 1 aromatic heterocycles. The van der Waals surface area contributed by atoms with Crippen LogP contribution in [0.3, 0.4) is 0 Å². The summed E-state index contributed by atoms with van der Waals surface area (Å²) in [6.45, 7) is 7.28. The smallest absolute Gasteiger partial charge is 0.228 e. The predicted molar refractivity (Wildman–Crippen MR) is 75.9 cm³/mol. The van der Waals surface area contributed by atoms with Crippen molar-refractivity contribution in [3.8, 4) is 11.4 Å². The van der Waals surface area contributed by atoms with E-state index in [1.165, 1.54) is 5.56 Å². The second-order valence-electron chi connectivity index (χ2n) is 4.75. The minimum atomic E-state index is 0.399. The number of rotatable bonds is 6. The van der Waals surface area contributed by atoms with E-state index in [1.807, 2.05) is 12.1 Å². The third-order valence-electron chi connectivity index (χ3n) is 3.15. The number of hydrogen-bond donors (Lipinski definition) is 1. The predicted octanol–water partition coefficient (Wildman–Crippen LogP) is 2.98. The van der Waals surface area contributed by atoms with Gasteiger partial charge < -0.3 is 9.84 Å². The number of nitrogens with one attached hydrogen (secondary N) is 1. The third-order valence-corrected chi connectivity index (χ3v) is 3.15. The number of aromatic nitrogens is 2. The maximum Gasteiger partial charge on any atom is 0.228 e. The van der Waals surface area contributed by atoms with Crippen LogP contribution in [0.15, 0.2) is 28.8 Å². The fraction of sp³-hybridized carbons (Fsp3) is 0.467. The summed E-state index contributed by atoms with van der Waals surface area (Å²) in [6.07, 6.45) is 1.83. The molecule has 0 fully saturated rings. The summed E-state index contributed by atoms with van der Waals surface area (Å²) >= 11 is 0. The third kappa shape index (κ3) is 3.64. The summed E-state index contributed by atoms with van der Waals surface area (Å²) in [5.74, 6) is 1.37. The molecule has 4 heteroatoms. The van der Waals surface area contributed by atoms with Crippen LogP contribution >= 0.6 is 0 Å². The van der Waals surface area contributed by atoms with Crippen LogP contribution in [0.4, 0.5) is 0 Å². The van der Waals surface area contributed by atoms with Crippen molar-refractivity contribution in [2.75, 3.05) is 6.54 Å². The quantitative estimate of drug-likeness (QED) is 0.866. The van der Waals surface area contributed by atoms with Gasteiger partial charge in [-0.25, -0.2) is 0 Å². The van der Waals surface area contributed by atoms with Crippen LogP contribution in [0.1, 0.15) is 31.7 Å². The molecule has 0 amide bonds. The molecule has 1 N–H and O–H groups in total. The Labute approximate surface area is 114 Å². The van der Waals surface area contributed by atoms with Crippen LogP contribution in [0.25, 0.3) is 11.4 Å². The molecule has 0 saturated heterocycles. The fourth-order valence-electron chi connectivity index (χ4n) is 2.10. The van der Waals surface area contributed by atoms with Crippen LogP contribution in [-0.2, 0) is 6.42 Å². The average Bonchev–Trinajstić information content (AvgIpc) is 2.87. The van der Waals surface area contributed by atoms with Gasteiger partial charge in [0.05, 0.1) is 0 Å². The Balaban J connectivity index is 2.10. The Kier molecular flexibility index (Phi) is 4.68. The van der Waals surface area contributed by atoms with Gasteiger partial charge in [0.2, 0.25) is 11.7 Å². The Morgan fingerprint density at radius 3 is 2.84 bits per heavy atom. The Morgan fingerprint density at radius 2 is 2.16 bits per heavy atom. The molecule has 102 valence electrons. The van der Waals surface area contributed by atoms with Gasteiger partial charge in [-0.3, -0.25) is 0 Å². The van der Waals surface area contributed by atoms with Crippen molar-refractivity contribution >= 4 is 0 Å². The zero-order valence-corrected chi connectivity index (χ0v) is 11.8. The molecule has 0 aliphatic carbocycles. The highest BCUT2D eigenvalue weighted by Crippen LogP contribution is 2.17. The van der Waals surface area contributed by atoms with Crippen LogP contribution in [0, 0.1) is 6.92 Å². The van der Waals surface area contributed by atoms with Crippen LogP contribution in [0.5, 0.6) is 0 Å². The van der Waals surface area contributed by atoms with Crippen molar-refractivity contribution in [1.82, 2.24) is 15.5 Å². The summed E-state index contributed by atoms with van der Waals surface area (Å²) in [4.78, 5) is 4.47. The number of nitrogens with zero attached hydrogens (tertiary/aromatic N) is 2. The van der Waals surface area contributed by atoms with Gasteiger partial charge >= 0.3 is 0 Å². The lowest BCUT2D eigenvalue weighted by atomic mass is 10.1. The van der Waals surface area contributed by atoms with E-state index in [0.29, 0.717) is 17.8 Å². The molecule has 0 bridgehead atoms. The summed E-state index contributed by atoms with van der Waals surface area (Å²) < 4.78 is 5.34. The van der Waals surface area contributed by atoms with Crippen molar-refractivity contribution in [2.24, 2.45) is 0 Å². The highest BCUT2D eigenvalue weighted by atomic mass is 16.5. The maximum atomic E-state index is 5.34. The Bertz CT molecular complexity index is 522. The van der Waals surface area contributed by atoms with Crippen molar-refractivity contribution in [3.05, 3.63) is 35.7 Å². The molecule has 19 heavy (non-hydrogen) atoms. The van der Waals surface area contributed by atoms with E-state index in [4.69, 9.17) is 4.52 Å². The monoisotopic (exact) mass is 259 g/mol. The maximum absolute atomic E-state index is 5.34. The Morgan fingerprint density at radius 1 is 1.32 bits per heavy atom. The van der Waals surface area contributed by atoms with Gasteiger partial charge in [0.25, 0.3) is 0 Å². The van der Waals surface area contributed by atoms with E-state index in [9.17, 15) is 0 Å². The highest BCUT2D eigenvalue weighted by Gasteiger charge is 2.13. The first-order valence-corrected chi connectivity index (χ1v) is 6.86. The Hall–Kier alpha value is -1.68. The normalized spacial score (nSPS) is 12.6. The SMILES string of the molecule is CCNC(CC)Cc1nc(-c2cccc(C)c2)no1. The molecule has 0 spiro atoms. The van der Waals surface area contributed by atoms with Crippen molar-refractivity contribution in [2.45, 2.75) is 39.7 Å². The molecule has 4 nitrogen and oxygen atoms in total. The first kappa shape index (κ1) is 13.7. The highest BCUT2D eigenvalue weighted by molar-refractivity contribution is 5.55. The molecule has 2 aromatic rings. The van der Waals surface area contributed by atoms with Gasteiger partial charge in [-0.2, -0.15) is 4.98 Å². The van der Waals surface area contributed by atoms with E-state index in [0.717, 1.165) is 24.9 Å². The lowest BCUT2D eigenvalue weighted by Gasteiger charge is -2.12. The first-order chi connectivity index (χ1) is 9.22. The summed E-state index contributed by atoms with van der Waals surface area (Å²) in [7, 11) is 0. The van der Waals surface area contributed by atoms with Crippen LogP contribution in [0.2, 0.25) is 0 Å². The molecule has 0 saturated carbocycles. The van der Waals surface area contributed by atoms with Gasteiger partial charge in [0.15, 0.2) is 0 Å². The second-order valence-corrected chi connectivity index (χ2v) is 4.75. The minimum absolute atomic E-state index is 0.399. The first-order valence-electron chi connectivity index (χ1n) is 6.86. The molecular formula is C15H21N3O. The minimum Gasteiger partial charge on any atom is -0.339 e. The zero-order valence-electron chi connectivity index (χ0n) is 11.8. The average molecular weight is 259 g/mol. The molecule has 0 aliphatic rings. The number of likely N-dealkylation sites (N-methyl/N-ethyl adjacent to an activating group) is 1. The molecule has 1 heterocycles. The van der Waals surface area contributed by atoms with Gasteiger partial charge in [-0.15, -0.1) is 0 Å². The van der Waals surface area contributed by atoms with Gasteiger partial charge in [-0.05, 0) is 26.0 Å². The lowest BCUT2D eigenvalue weighted by molar-refractivity contribution is 0.355. The van der Waals surface area contributed by atoms with E-state index in [2.05, 4.69) is 48.4 Å². The van der Waals surface area contributed by atoms with Crippen molar-refractivity contribution < 1.29 is 4.52 Å². The molecule has 1 aromatic carbocycles. The lowest BCUT2D eigenvalue weighted by Crippen LogP contribution is -2.30. The molecule has 2 rings (SSSR count). The second kappa shape index (κ2) is 6.48. The number of hydrogen-bond acceptors (Lipinski definition) is 4. The van der Waals surface area contributed by atoms with E-state index >= 15 is 0 Å². The summed E-state index contributed by atoms with van der Waals surface area (Å²) in [5, 5.41) is 7.47. The van der Waals surface area contributed by atoms with E-state index in [-0.39, 0.29) is 0 Å². The van der Waals surface area contributed by atoms with Gasteiger partial charge in [0.1, 0.15) is 0 Å². The van der Waals surface area contributed by atoms with Crippen LogP contribution < -0.4 is 5.32 Å². The molecule has 0 aliphatic heterocycles.